The highest BCUT2D eigenvalue weighted by Crippen LogP contribution is 2.38. The Labute approximate surface area is 154 Å². The molecule has 130 valence electrons. The van der Waals surface area contributed by atoms with Gasteiger partial charge in [0.1, 0.15) is 5.69 Å². The predicted octanol–water partition coefficient (Wildman–Crippen LogP) is 3.78. The van der Waals surface area contributed by atoms with Crippen LogP contribution in [0.3, 0.4) is 0 Å². The first-order valence-corrected chi connectivity index (χ1v) is 9.89. The van der Waals surface area contributed by atoms with Gasteiger partial charge >= 0.3 is 5.17 Å². The number of rotatable bonds is 2. The summed E-state index contributed by atoms with van der Waals surface area (Å²) in [5.41, 5.74) is 4.85. The average Bonchev–Trinajstić information content (AvgIpc) is 2.89. The molecule has 2 aliphatic heterocycles. The molecular formula is C21H25N2OS+. The van der Waals surface area contributed by atoms with Gasteiger partial charge < -0.3 is 5.11 Å². The number of hydrogen-bond donors (Lipinski definition) is 1. The van der Waals surface area contributed by atoms with Crippen molar-refractivity contribution >= 4 is 22.6 Å². The lowest BCUT2D eigenvalue weighted by Gasteiger charge is -2.26. The third-order valence-electron chi connectivity index (χ3n) is 5.17. The summed E-state index contributed by atoms with van der Waals surface area (Å²) in [6, 6.07) is 14.9. The number of aryl methyl sites for hydroxylation is 3. The molecule has 0 aromatic heterocycles. The zero-order valence-electron chi connectivity index (χ0n) is 15.1. The summed E-state index contributed by atoms with van der Waals surface area (Å²) in [5, 5.41) is 13.0. The minimum absolute atomic E-state index is 0.572. The van der Waals surface area contributed by atoms with Crippen LogP contribution in [0.15, 0.2) is 42.5 Å². The molecule has 25 heavy (non-hydrogen) atoms. The topological polar surface area (TPSA) is 26.5 Å². The maximum absolute atomic E-state index is 11.8. The molecule has 2 aliphatic rings. The predicted molar refractivity (Wildman–Crippen MR) is 106 cm³/mol. The first-order valence-electron chi connectivity index (χ1n) is 8.91. The van der Waals surface area contributed by atoms with Crippen molar-refractivity contribution < 1.29 is 9.68 Å². The second kappa shape index (κ2) is 6.19. The van der Waals surface area contributed by atoms with E-state index in [4.69, 9.17) is 0 Å². The SMILES string of the molecule is Cc1cccc(N2C[C@](O)(c3ccc(C)cc3C)[N+]3=C2SCCC3)c1. The molecule has 1 atom stereocenters. The Morgan fingerprint density at radius 2 is 1.88 bits per heavy atom. The quantitative estimate of drug-likeness (QED) is 0.832. The highest BCUT2D eigenvalue weighted by atomic mass is 32.2. The van der Waals surface area contributed by atoms with Crippen LogP contribution >= 0.6 is 11.8 Å². The number of anilines is 1. The maximum Gasteiger partial charge on any atom is 0.316 e. The van der Waals surface area contributed by atoms with Crippen LogP contribution in [0, 0.1) is 20.8 Å². The number of β-amino-alcohol motifs (C(OH)–C–C–N with tert-alkyl or cyclic N) is 1. The molecule has 0 unspecified atom stereocenters. The van der Waals surface area contributed by atoms with Crippen molar-refractivity contribution in [3.8, 4) is 0 Å². The highest BCUT2D eigenvalue weighted by molar-refractivity contribution is 8.13. The lowest BCUT2D eigenvalue weighted by Crippen LogP contribution is -2.42. The number of hydrogen-bond acceptors (Lipinski definition) is 3. The first kappa shape index (κ1) is 16.7. The number of thioether (sulfide) groups is 1. The zero-order valence-corrected chi connectivity index (χ0v) is 15.9. The van der Waals surface area contributed by atoms with Gasteiger partial charge in [-0.05, 0) is 62.2 Å². The van der Waals surface area contributed by atoms with E-state index in [1.54, 1.807) is 0 Å². The molecule has 2 aromatic rings. The summed E-state index contributed by atoms with van der Waals surface area (Å²) in [7, 11) is 0. The Kier molecular flexibility index (Phi) is 4.13. The van der Waals surface area contributed by atoms with Gasteiger partial charge in [0, 0.05) is 11.3 Å². The minimum atomic E-state index is -0.968. The summed E-state index contributed by atoms with van der Waals surface area (Å²) in [4.78, 5) is 2.29. The molecule has 0 spiro atoms. The summed E-state index contributed by atoms with van der Waals surface area (Å²) in [5.74, 6) is 1.11. The van der Waals surface area contributed by atoms with Gasteiger partial charge in [-0.15, -0.1) is 0 Å². The molecule has 2 heterocycles. The second-order valence-corrected chi connectivity index (χ2v) is 8.26. The Hall–Kier alpha value is -1.78. The van der Waals surface area contributed by atoms with E-state index in [1.807, 2.05) is 11.8 Å². The molecule has 0 aliphatic carbocycles. The molecule has 1 N–H and O–H groups in total. The molecule has 2 aromatic carbocycles. The molecule has 0 saturated heterocycles. The van der Waals surface area contributed by atoms with Gasteiger partial charge in [-0.3, -0.25) is 0 Å². The Bertz CT molecular complexity index is 861. The van der Waals surface area contributed by atoms with Crippen LogP contribution in [0.1, 0.15) is 28.7 Å². The second-order valence-electron chi connectivity index (χ2n) is 7.20. The van der Waals surface area contributed by atoms with Gasteiger partial charge in [-0.25, -0.2) is 9.48 Å². The van der Waals surface area contributed by atoms with Crippen LogP contribution in [0.4, 0.5) is 5.69 Å². The molecule has 0 radical (unpaired) electrons. The van der Waals surface area contributed by atoms with Gasteiger partial charge in [0.2, 0.25) is 0 Å². The summed E-state index contributed by atoms with van der Waals surface area (Å²) < 4.78 is 2.21. The standard InChI is InChI=1S/C21H25N2OS/c1-15-6-4-7-18(13-15)22-14-21(24,23-10-5-11-25-20(22)23)19-9-8-16(2)12-17(19)3/h4,6-9,12-13,24H,5,10-11,14H2,1-3H3/q+1/t21-/m0/s1. The fraction of sp³-hybridized carbons (Fsp3) is 0.381. The summed E-state index contributed by atoms with van der Waals surface area (Å²) in [6.45, 7) is 7.79. The van der Waals surface area contributed by atoms with E-state index in [9.17, 15) is 5.11 Å². The van der Waals surface area contributed by atoms with Gasteiger partial charge in [-0.2, -0.15) is 0 Å². The number of amidine groups is 1. The van der Waals surface area contributed by atoms with Gasteiger partial charge in [0.15, 0.2) is 6.54 Å². The van der Waals surface area contributed by atoms with Crippen LogP contribution in [0.2, 0.25) is 0 Å². The van der Waals surface area contributed by atoms with Crippen LogP contribution in [0.25, 0.3) is 0 Å². The number of nitrogens with zero attached hydrogens (tertiary/aromatic N) is 2. The average molecular weight is 354 g/mol. The van der Waals surface area contributed by atoms with Crippen molar-refractivity contribution in [2.24, 2.45) is 0 Å². The Morgan fingerprint density at radius 1 is 1.08 bits per heavy atom. The van der Waals surface area contributed by atoms with Crippen LogP contribution in [-0.2, 0) is 5.72 Å². The van der Waals surface area contributed by atoms with Gasteiger partial charge in [0.25, 0.3) is 5.72 Å². The monoisotopic (exact) mass is 353 g/mol. The molecule has 4 rings (SSSR count). The van der Waals surface area contributed by atoms with E-state index in [-0.39, 0.29) is 0 Å². The van der Waals surface area contributed by atoms with Gasteiger partial charge in [0.05, 0.1) is 6.54 Å². The first-order chi connectivity index (χ1) is 12.0. The largest absolute Gasteiger partial charge is 0.346 e. The maximum atomic E-state index is 11.8. The lowest BCUT2D eigenvalue weighted by molar-refractivity contribution is -0.656. The van der Waals surface area contributed by atoms with E-state index in [0.717, 1.165) is 35.5 Å². The van der Waals surface area contributed by atoms with Crippen molar-refractivity contribution in [2.75, 3.05) is 23.7 Å². The van der Waals surface area contributed by atoms with Crippen molar-refractivity contribution in [1.82, 2.24) is 0 Å². The smallest absolute Gasteiger partial charge is 0.316 e. The van der Waals surface area contributed by atoms with Crippen LogP contribution < -0.4 is 4.90 Å². The van der Waals surface area contributed by atoms with E-state index < -0.39 is 5.72 Å². The molecule has 3 nitrogen and oxygen atoms in total. The van der Waals surface area contributed by atoms with E-state index >= 15 is 0 Å². The molecule has 0 amide bonds. The normalized spacial score (nSPS) is 23.1. The van der Waals surface area contributed by atoms with Crippen LogP contribution in [0.5, 0.6) is 0 Å². The number of aliphatic hydroxyl groups is 1. The van der Waals surface area contributed by atoms with Crippen molar-refractivity contribution in [1.29, 1.82) is 0 Å². The fourth-order valence-corrected chi connectivity index (χ4v) is 5.17. The van der Waals surface area contributed by atoms with E-state index in [2.05, 4.69) is 72.7 Å². The highest BCUT2D eigenvalue weighted by Gasteiger charge is 2.53. The third kappa shape index (κ3) is 2.77. The molecular weight excluding hydrogens is 328 g/mol. The number of benzene rings is 2. The van der Waals surface area contributed by atoms with Crippen molar-refractivity contribution in [2.45, 2.75) is 32.9 Å². The zero-order chi connectivity index (χ0) is 17.6. The van der Waals surface area contributed by atoms with Crippen molar-refractivity contribution in [3.05, 3.63) is 64.7 Å². The van der Waals surface area contributed by atoms with E-state index in [1.165, 1.54) is 16.3 Å². The molecule has 0 saturated carbocycles. The summed E-state index contributed by atoms with van der Waals surface area (Å²) >= 11 is 1.86. The Balaban J connectivity index is 1.83. The minimum Gasteiger partial charge on any atom is -0.346 e. The third-order valence-corrected chi connectivity index (χ3v) is 6.36. The molecule has 4 heteroatoms. The van der Waals surface area contributed by atoms with Crippen molar-refractivity contribution in [3.63, 3.8) is 0 Å². The molecule has 0 bridgehead atoms. The summed E-state index contributed by atoms with van der Waals surface area (Å²) in [6.07, 6.45) is 1.10. The van der Waals surface area contributed by atoms with Crippen LogP contribution in [-0.4, -0.2) is 33.7 Å². The van der Waals surface area contributed by atoms with E-state index in [0.29, 0.717) is 6.54 Å². The molecule has 0 fully saturated rings. The van der Waals surface area contributed by atoms with Gasteiger partial charge in [-0.1, -0.05) is 35.9 Å². The Morgan fingerprint density at radius 3 is 2.64 bits per heavy atom. The fourth-order valence-electron chi connectivity index (χ4n) is 3.99. The lowest BCUT2D eigenvalue weighted by atomic mass is 9.95.